The van der Waals surface area contributed by atoms with Gasteiger partial charge in [-0.05, 0) is 0 Å². The molecule has 1 N–H and O–H groups in total. The van der Waals surface area contributed by atoms with Gasteiger partial charge < -0.3 is 24.1 Å². The highest BCUT2D eigenvalue weighted by atomic mass is 16.6. The molecule has 14 heavy (non-hydrogen) atoms. The maximum atomic E-state index is 9.71. The predicted molar refractivity (Wildman–Crippen MR) is 49.2 cm³/mol. The summed E-state index contributed by atoms with van der Waals surface area (Å²) in [6.07, 6.45) is -1.13. The third-order valence-corrected chi connectivity index (χ3v) is 2.19. The summed E-state index contributed by atoms with van der Waals surface area (Å²) in [5, 5.41) is 9.71. The van der Waals surface area contributed by atoms with Gasteiger partial charge in [0.1, 0.15) is 18.3 Å². The second kappa shape index (κ2) is 6.31. The third kappa shape index (κ3) is 3.18. The summed E-state index contributed by atoms with van der Waals surface area (Å²) in [4.78, 5) is 0. The standard InChI is InChI=1S/C9H18O5/c1-11-3-4-13-8-6-14-7(5-12-2)9(8)10/h7-10H,3-6H2,1-2H3/t7-,8?,9-/m1/s1. The average Bonchev–Trinajstić information content (AvgIpc) is 2.51. The summed E-state index contributed by atoms with van der Waals surface area (Å²) in [6.45, 7) is 1.81. The van der Waals surface area contributed by atoms with Crippen molar-refractivity contribution in [3.63, 3.8) is 0 Å². The summed E-state index contributed by atoms with van der Waals surface area (Å²) in [6, 6.07) is 0. The SMILES string of the molecule is COCCOC1CO[C@H](COC)[C@H]1O. The van der Waals surface area contributed by atoms with E-state index in [1.54, 1.807) is 14.2 Å². The molecule has 0 bridgehead atoms. The summed E-state index contributed by atoms with van der Waals surface area (Å²) in [5.41, 5.74) is 0. The first-order chi connectivity index (χ1) is 6.79. The molecule has 1 rings (SSSR count). The Morgan fingerprint density at radius 3 is 2.71 bits per heavy atom. The molecule has 5 heteroatoms. The number of aliphatic hydroxyl groups excluding tert-OH is 1. The Balaban J connectivity index is 2.21. The van der Waals surface area contributed by atoms with Crippen molar-refractivity contribution in [3.8, 4) is 0 Å². The van der Waals surface area contributed by atoms with Gasteiger partial charge in [-0.25, -0.2) is 0 Å². The van der Waals surface area contributed by atoms with Gasteiger partial charge in [-0.3, -0.25) is 0 Å². The summed E-state index contributed by atoms with van der Waals surface area (Å²) < 4.78 is 20.4. The molecule has 84 valence electrons. The fraction of sp³-hybridized carbons (Fsp3) is 1.00. The van der Waals surface area contributed by atoms with Gasteiger partial charge in [-0.15, -0.1) is 0 Å². The van der Waals surface area contributed by atoms with Crippen molar-refractivity contribution in [3.05, 3.63) is 0 Å². The van der Waals surface area contributed by atoms with Crippen LogP contribution in [0, 0.1) is 0 Å². The zero-order valence-electron chi connectivity index (χ0n) is 8.64. The maximum absolute atomic E-state index is 9.71. The fourth-order valence-corrected chi connectivity index (χ4v) is 1.40. The minimum atomic E-state index is -0.605. The molecule has 1 aliphatic heterocycles. The van der Waals surface area contributed by atoms with Crippen LogP contribution in [-0.2, 0) is 18.9 Å². The Labute approximate surface area is 83.9 Å². The van der Waals surface area contributed by atoms with Crippen molar-refractivity contribution in [2.45, 2.75) is 18.3 Å². The zero-order chi connectivity index (χ0) is 10.4. The monoisotopic (exact) mass is 206 g/mol. The van der Waals surface area contributed by atoms with Crippen molar-refractivity contribution >= 4 is 0 Å². The van der Waals surface area contributed by atoms with Crippen LogP contribution in [0.2, 0.25) is 0 Å². The quantitative estimate of drug-likeness (QED) is 0.589. The largest absolute Gasteiger partial charge is 0.388 e. The van der Waals surface area contributed by atoms with Gasteiger partial charge >= 0.3 is 0 Å². The van der Waals surface area contributed by atoms with Gasteiger partial charge in [-0.2, -0.15) is 0 Å². The van der Waals surface area contributed by atoms with Crippen LogP contribution in [-0.4, -0.2) is 64.1 Å². The van der Waals surface area contributed by atoms with E-state index in [0.29, 0.717) is 26.4 Å². The Hall–Kier alpha value is -0.200. The van der Waals surface area contributed by atoms with Crippen LogP contribution >= 0.6 is 0 Å². The van der Waals surface area contributed by atoms with Crippen LogP contribution in [0.1, 0.15) is 0 Å². The van der Waals surface area contributed by atoms with Gasteiger partial charge in [0.2, 0.25) is 0 Å². The number of hydrogen-bond donors (Lipinski definition) is 1. The Morgan fingerprint density at radius 2 is 2.07 bits per heavy atom. The lowest BCUT2D eigenvalue weighted by Crippen LogP contribution is -2.35. The number of rotatable bonds is 6. The van der Waals surface area contributed by atoms with E-state index in [2.05, 4.69) is 0 Å². The summed E-state index contributed by atoms with van der Waals surface area (Å²) in [5.74, 6) is 0. The number of ether oxygens (including phenoxy) is 4. The van der Waals surface area contributed by atoms with Crippen LogP contribution in [0.25, 0.3) is 0 Å². The van der Waals surface area contributed by atoms with Crippen LogP contribution in [0.15, 0.2) is 0 Å². The van der Waals surface area contributed by atoms with E-state index in [-0.39, 0.29) is 12.2 Å². The Morgan fingerprint density at radius 1 is 1.29 bits per heavy atom. The topological polar surface area (TPSA) is 57.2 Å². The highest BCUT2D eigenvalue weighted by molar-refractivity contribution is 4.84. The van der Waals surface area contributed by atoms with E-state index >= 15 is 0 Å². The molecule has 3 atom stereocenters. The van der Waals surface area contributed by atoms with Crippen molar-refractivity contribution in [1.29, 1.82) is 0 Å². The molecule has 1 unspecified atom stereocenters. The lowest BCUT2D eigenvalue weighted by Gasteiger charge is -2.16. The molecule has 1 heterocycles. The van der Waals surface area contributed by atoms with Gasteiger partial charge in [0.25, 0.3) is 0 Å². The van der Waals surface area contributed by atoms with Crippen molar-refractivity contribution < 1.29 is 24.1 Å². The highest BCUT2D eigenvalue weighted by Gasteiger charge is 2.36. The van der Waals surface area contributed by atoms with E-state index in [4.69, 9.17) is 18.9 Å². The molecule has 0 radical (unpaired) electrons. The van der Waals surface area contributed by atoms with Crippen molar-refractivity contribution in [2.75, 3.05) is 40.6 Å². The van der Waals surface area contributed by atoms with Gasteiger partial charge in [0, 0.05) is 14.2 Å². The first kappa shape index (κ1) is 11.9. The van der Waals surface area contributed by atoms with Crippen molar-refractivity contribution in [2.24, 2.45) is 0 Å². The second-order valence-electron chi connectivity index (χ2n) is 3.22. The third-order valence-electron chi connectivity index (χ3n) is 2.19. The predicted octanol–water partition coefficient (Wildman–Crippen LogP) is -0.576. The summed E-state index contributed by atoms with van der Waals surface area (Å²) >= 11 is 0. The van der Waals surface area contributed by atoms with Crippen molar-refractivity contribution in [1.82, 2.24) is 0 Å². The maximum Gasteiger partial charge on any atom is 0.111 e. The van der Waals surface area contributed by atoms with Crippen LogP contribution in [0.4, 0.5) is 0 Å². The first-order valence-electron chi connectivity index (χ1n) is 4.68. The van der Waals surface area contributed by atoms with E-state index < -0.39 is 6.10 Å². The molecular weight excluding hydrogens is 188 g/mol. The smallest absolute Gasteiger partial charge is 0.111 e. The zero-order valence-corrected chi connectivity index (χ0v) is 8.64. The number of methoxy groups -OCH3 is 2. The molecule has 0 aliphatic carbocycles. The lowest BCUT2D eigenvalue weighted by atomic mass is 10.1. The van der Waals surface area contributed by atoms with Gasteiger partial charge in [0.05, 0.1) is 26.4 Å². The Kier molecular flexibility index (Phi) is 5.36. The molecule has 0 saturated carbocycles. The minimum absolute atomic E-state index is 0.259. The second-order valence-corrected chi connectivity index (χ2v) is 3.22. The molecule has 0 amide bonds. The normalized spacial score (nSPS) is 32.4. The Bertz CT molecular complexity index is 152. The number of hydrogen-bond acceptors (Lipinski definition) is 5. The molecule has 1 saturated heterocycles. The van der Waals surface area contributed by atoms with E-state index in [0.717, 1.165) is 0 Å². The molecule has 0 aromatic heterocycles. The molecule has 5 nitrogen and oxygen atoms in total. The fourth-order valence-electron chi connectivity index (χ4n) is 1.40. The highest BCUT2D eigenvalue weighted by Crippen LogP contribution is 2.17. The van der Waals surface area contributed by atoms with E-state index in [1.165, 1.54) is 0 Å². The molecule has 0 aromatic rings. The minimum Gasteiger partial charge on any atom is -0.388 e. The lowest BCUT2D eigenvalue weighted by molar-refractivity contribution is -0.0431. The van der Waals surface area contributed by atoms with Crippen LogP contribution in [0.3, 0.4) is 0 Å². The average molecular weight is 206 g/mol. The summed E-state index contributed by atoms with van der Waals surface area (Å²) in [7, 11) is 3.19. The van der Waals surface area contributed by atoms with E-state index in [1.807, 2.05) is 0 Å². The molecule has 1 fully saturated rings. The molecular formula is C9H18O5. The van der Waals surface area contributed by atoms with Crippen LogP contribution in [0.5, 0.6) is 0 Å². The first-order valence-corrected chi connectivity index (χ1v) is 4.68. The van der Waals surface area contributed by atoms with E-state index in [9.17, 15) is 5.11 Å². The number of aliphatic hydroxyl groups is 1. The molecule has 0 spiro atoms. The molecule has 0 aromatic carbocycles. The van der Waals surface area contributed by atoms with Gasteiger partial charge in [0.15, 0.2) is 0 Å². The van der Waals surface area contributed by atoms with Crippen LogP contribution < -0.4 is 0 Å². The van der Waals surface area contributed by atoms with Gasteiger partial charge in [-0.1, -0.05) is 0 Å². The molecule has 1 aliphatic rings.